The van der Waals surface area contributed by atoms with E-state index in [1.165, 1.54) is 4.80 Å². The standard InChI is InChI=1S/C9H12N4O2/c1-6-7(3-4-15-6)8(14)5-9-10-12-13(2)11-9/h3-4,8,14H,5H2,1-2H3. The Morgan fingerprint density at radius 2 is 2.40 bits per heavy atom. The largest absolute Gasteiger partial charge is 0.469 e. The quantitative estimate of drug-likeness (QED) is 0.789. The molecular weight excluding hydrogens is 196 g/mol. The molecule has 0 bridgehead atoms. The van der Waals surface area contributed by atoms with Crippen LogP contribution in [0.2, 0.25) is 0 Å². The molecule has 0 aliphatic carbocycles. The topological polar surface area (TPSA) is 77.0 Å². The zero-order chi connectivity index (χ0) is 10.8. The third-order valence-electron chi connectivity index (χ3n) is 2.18. The molecule has 6 nitrogen and oxygen atoms in total. The Morgan fingerprint density at radius 3 is 2.93 bits per heavy atom. The monoisotopic (exact) mass is 208 g/mol. The average Bonchev–Trinajstić information content (AvgIpc) is 2.75. The van der Waals surface area contributed by atoms with Gasteiger partial charge in [-0.05, 0) is 18.2 Å². The van der Waals surface area contributed by atoms with Crippen LogP contribution < -0.4 is 0 Å². The highest BCUT2D eigenvalue weighted by molar-refractivity contribution is 5.19. The molecule has 2 aromatic rings. The van der Waals surface area contributed by atoms with Gasteiger partial charge in [-0.15, -0.1) is 10.2 Å². The van der Waals surface area contributed by atoms with E-state index in [0.717, 1.165) is 5.56 Å². The predicted molar refractivity (Wildman–Crippen MR) is 50.9 cm³/mol. The van der Waals surface area contributed by atoms with Crippen molar-refractivity contribution in [2.24, 2.45) is 7.05 Å². The maximum atomic E-state index is 9.88. The Balaban J connectivity index is 2.10. The molecule has 15 heavy (non-hydrogen) atoms. The Hall–Kier alpha value is -1.69. The number of furan rings is 1. The third-order valence-corrected chi connectivity index (χ3v) is 2.18. The Bertz CT molecular complexity index is 448. The highest BCUT2D eigenvalue weighted by Gasteiger charge is 2.15. The Kier molecular flexibility index (Phi) is 2.51. The highest BCUT2D eigenvalue weighted by Crippen LogP contribution is 2.20. The summed E-state index contributed by atoms with van der Waals surface area (Å²) in [5, 5.41) is 21.4. The first-order chi connectivity index (χ1) is 7.16. The van der Waals surface area contributed by atoms with E-state index in [9.17, 15) is 5.11 Å². The molecule has 6 heteroatoms. The van der Waals surface area contributed by atoms with Crippen LogP contribution in [0.1, 0.15) is 23.3 Å². The molecule has 0 amide bonds. The van der Waals surface area contributed by atoms with E-state index in [1.54, 1.807) is 19.4 Å². The molecule has 1 unspecified atom stereocenters. The van der Waals surface area contributed by atoms with Crippen molar-refractivity contribution in [2.45, 2.75) is 19.4 Å². The van der Waals surface area contributed by atoms with Gasteiger partial charge < -0.3 is 9.52 Å². The summed E-state index contributed by atoms with van der Waals surface area (Å²) in [6, 6.07) is 1.75. The molecule has 0 saturated heterocycles. The summed E-state index contributed by atoms with van der Waals surface area (Å²) in [5.41, 5.74) is 0.766. The van der Waals surface area contributed by atoms with E-state index in [1.807, 2.05) is 6.92 Å². The van der Waals surface area contributed by atoms with E-state index in [-0.39, 0.29) is 0 Å². The number of aromatic nitrogens is 4. The number of hydrogen-bond donors (Lipinski definition) is 1. The number of aryl methyl sites for hydroxylation is 2. The van der Waals surface area contributed by atoms with E-state index in [2.05, 4.69) is 15.4 Å². The van der Waals surface area contributed by atoms with Crippen molar-refractivity contribution in [1.82, 2.24) is 20.2 Å². The molecule has 80 valence electrons. The van der Waals surface area contributed by atoms with Gasteiger partial charge in [0.1, 0.15) is 5.76 Å². The highest BCUT2D eigenvalue weighted by atomic mass is 16.3. The molecule has 1 N–H and O–H groups in total. The lowest BCUT2D eigenvalue weighted by Gasteiger charge is -2.05. The van der Waals surface area contributed by atoms with Gasteiger partial charge in [0.15, 0.2) is 5.82 Å². The van der Waals surface area contributed by atoms with Crippen LogP contribution in [-0.4, -0.2) is 25.3 Å². The number of hydrogen-bond acceptors (Lipinski definition) is 5. The summed E-state index contributed by atoms with van der Waals surface area (Å²) in [7, 11) is 1.69. The van der Waals surface area contributed by atoms with Crippen molar-refractivity contribution < 1.29 is 9.52 Å². The summed E-state index contributed by atoms with van der Waals surface area (Å²) < 4.78 is 5.11. The molecule has 0 radical (unpaired) electrons. The van der Waals surface area contributed by atoms with Gasteiger partial charge in [0.2, 0.25) is 0 Å². The van der Waals surface area contributed by atoms with Crippen LogP contribution >= 0.6 is 0 Å². The van der Waals surface area contributed by atoms with E-state index >= 15 is 0 Å². The molecule has 0 aliphatic heterocycles. The maximum Gasteiger partial charge on any atom is 0.177 e. The van der Waals surface area contributed by atoms with Crippen molar-refractivity contribution in [3.63, 3.8) is 0 Å². The zero-order valence-electron chi connectivity index (χ0n) is 8.58. The zero-order valence-corrected chi connectivity index (χ0v) is 8.58. The molecule has 0 spiro atoms. The molecule has 1 atom stereocenters. The molecular formula is C9H12N4O2. The Morgan fingerprint density at radius 1 is 1.60 bits per heavy atom. The van der Waals surface area contributed by atoms with Gasteiger partial charge in [0, 0.05) is 12.0 Å². The van der Waals surface area contributed by atoms with Gasteiger partial charge in [-0.25, -0.2) is 0 Å². The number of nitrogens with zero attached hydrogens (tertiary/aromatic N) is 4. The molecule has 2 heterocycles. The van der Waals surface area contributed by atoms with Crippen LogP contribution in [0.4, 0.5) is 0 Å². The second-order valence-corrected chi connectivity index (χ2v) is 3.35. The minimum atomic E-state index is -0.645. The fraction of sp³-hybridized carbons (Fsp3) is 0.444. The Labute approximate surface area is 86.5 Å². The van der Waals surface area contributed by atoms with Crippen LogP contribution in [0.25, 0.3) is 0 Å². The van der Waals surface area contributed by atoms with Crippen molar-refractivity contribution in [3.8, 4) is 0 Å². The fourth-order valence-electron chi connectivity index (χ4n) is 1.43. The normalized spacial score (nSPS) is 13.0. The summed E-state index contributed by atoms with van der Waals surface area (Å²) in [6.45, 7) is 1.81. The van der Waals surface area contributed by atoms with Gasteiger partial charge in [0.05, 0.1) is 19.4 Å². The van der Waals surface area contributed by atoms with Crippen molar-refractivity contribution in [2.75, 3.05) is 0 Å². The molecule has 2 rings (SSSR count). The number of rotatable bonds is 3. The number of aliphatic hydroxyl groups is 1. The smallest absolute Gasteiger partial charge is 0.177 e. The van der Waals surface area contributed by atoms with Crippen LogP contribution in [0.5, 0.6) is 0 Å². The lowest BCUT2D eigenvalue weighted by Crippen LogP contribution is -2.04. The first-order valence-corrected chi connectivity index (χ1v) is 4.61. The summed E-state index contributed by atoms with van der Waals surface area (Å²) in [5.74, 6) is 1.23. The van der Waals surface area contributed by atoms with E-state index in [4.69, 9.17) is 4.42 Å². The van der Waals surface area contributed by atoms with E-state index < -0.39 is 6.10 Å². The van der Waals surface area contributed by atoms with Gasteiger partial charge in [0.25, 0.3) is 0 Å². The lowest BCUT2D eigenvalue weighted by molar-refractivity contribution is 0.173. The van der Waals surface area contributed by atoms with Crippen molar-refractivity contribution in [3.05, 3.63) is 29.5 Å². The molecule has 0 saturated carbocycles. The minimum absolute atomic E-state index is 0.341. The van der Waals surface area contributed by atoms with E-state index in [0.29, 0.717) is 18.0 Å². The number of tetrazole rings is 1. The summed E-state index contributed by atoms with van der Waals surface area (Å²) >= 11 is 0. The van der Waals surface area contributed by atoms with Crippen molar-refractivity contribution in [1.29, 1.82) is 0 Å². The SMILES string of the molecule is Cc1occc1C(O)Cc1nnn(C)n1. The average molecular weight is 208 g/mol. The molecule has 2 aromatic heterocycles. The summed E-state index contributed by atoms with van der Waals surface area (Å²) in [4.78, 5) is 1.37. The second kappa shape index (κ2) is 3.82. The minimum Gasteiger partial charge on any atom is -0.469 e. The van der Waals surface area contributed by atoms with Crippen LogP contribution in [0.15, 0.2) is 16.7 Å². The number of aliphatic hydroxyl groups excluding tert-OH is 1. The maximum absolute atomic E-state index is 9.88. The molecule has 0 fully saturated rings. The summed E-state index contributed by atoms with van der Waals surface area (Å²) in [6.07, 6.45) is 1.25. The van der Waals surface area contributed by atoms with Crippen LogP contribution in [-0.2, 0) is 13.5 Å². The molecule has 0 aromatic carbocycles. The van der Waals surface area contributed by atoms with Crippen molar-refractivity contribution >= 4 is 0 Å². The first-order valence-electron chi connectivity index (χ1n) is 4.61. The fourth-order valence-corrected chi connectivity index (χ4v) is 1.43. The first kappa shape index (κ1) is 9.85. The predicted octanol–water partition coefficient (Wildman–Crippen LogP) is 0.388. The molecule has 0 aliphatic rings. The lowest BCUT2D eigenvalue weighted by atomic mass is 10.1. The third kappa shape index (κ3) is 2.04. The van der Waals surface area contributed by atoms with Gasteiger partial charge in [-0.1, -0.05) is 0 Å². The van der Waals surface area contributed by atoms with Gasteiger partial charge in [-0.2, -0.15) is 4.80 Å². The second-order valence-electron chi connectivity index (χ2n) is 3.35. The van der Waals surface area contributed by atoms with Gasteiger partial charge in [-0.3, -0.25) is 0 Å². The van der Waals surface area contributed by atoms with Gasteiger partial charge >= 0.3 is 0 Å². The van der Waals surface area contributed by atoms with Crippen LogP contribution in [0, 0.1) is 6.92 Å². The van der Waals surface area contributed by atoms with Crippen LogP contribution in [0.3, 0.4) is 0 Å².